The van der Waals surface area contributed by atoms with Gasteiger partial charge in [0.05, 0.1) is 12.5 Å². The van der Waals surface area contributed by atoms with E-state index in [4.69, 9.17) is 22.7 Å². The van der Waals surface area contributed by atoms with Crippen molar-refractivity contribution in [2.45, 2.75) is 38.3 Å². The summed E-state index contributed by atoms with van der Waals surface area (Å²) in [5, 5.41) is 2.91. The van der Waals surface area contributed by atoms with Crippen LogP contribution in [-0.4, -0.2) is 23.6 Å². The molecule has 0 aliphatic carbocycles. The standard InChI is InChI=1S/C15H20N2O2S/c16-15(20)12-5-3-4-11(8-12)10-17-14(18)9-13-6-1-2-7-19-13/h3-5,8,13H,1-2,6-7,9-10H2,(H2,16,20)(H,17,18). The van der Waals surface area contributed by atoms with Gasteiger partial charge in [0.25, 0.3) is 0 Å². The van der Waals surface area contributed by atoms with Crippen LogP contribution in [0.1, 0.15) is 36.8 Å². The normalized spacial score (nSPS) is 18.5. The smallest absolute Gasteiger partial charge is 0.222 e. The van der Waals surface area contributed by atoms with E-state index in [1.54, 1.807) is 0 Å². The molecule has 0 aromatic heterocycles. The molecule has 1 saturated heterocycles. The lowest BCUT2D eigenvalue weighted by atomic mass is 10.1. The lowest BCUT2D eigenvalue weighted by Crippen LogP contribution is -2.30. The Hall–Kier alpha value is -1.46. The highest BCUT2D eigenvalue weighted by molar-refractivity contribution is 7.80. The highest BCUT2D eigenvalue weighted by atomic mass is 32.1. The zero-order valence-electron chi connectivity index (χ0n) is 11.4. The van der Waals surface area contributed by atoms with Crippen LogP contribution in [0.3, 0.4) is 0 Å². The molecule has 0 spiro atoms. The van der Waals surface area contributed by atoms with Crippen LogP contribution in [-0.2, 0) is 16.1 Å². The number of ether oxygens (including phenoxy) is 1. The van der Waals surface area contributed by atoms with Crippen LogP contribution in [0, 0.1) is 0 Å². The second-order valence-electron chi connectivity index (χ2n) is 5.03. The van der Waals surface area contributed by atoms with Crippen LogP contribution >= 0.6 is 12.2 Å². The molecule has 0 radical (unpaired) electrons. The first-order chi connectivity index (χ1) is 9.65. The van der Waals surface area contributed by atoms with Crippen molar-refractivity contribution in [3.8, 4) is 0 Å². The first-order valence-electron chi connectivity index (χ1n) is 6.92. The van der Waals surface area contributed by atoms with Crippen LogP contribution < -0.4 is 11.1 Å². The van der Waals surface area contributed by atoms with Crippen LogP contribution in [0.4, 0.5) is 0 Å². The predicted molar refractivity (Wildman–Crippen MR) is 82.4 cm³/mol. The van der Waals surface area contributed by atoms with Crippen molar-refractivity contribution in [2.75, 3.05) is 6.61 Å². The number of rotatable bonds is 5. The monoisotopic (exact) mass is 292 g/mol. The van der Waals surface area contributed by atoms with Gasteiger partial charge in [0.2, 0.25) is 5.91 Å². The van der Waals surface area contributed by atoms with E-state index in [0.29, 0.717) is 18.0 Å². The van der Waals surface area contributed by atoms with Gasteiger partial charge < -0.3 is 15.8 Å². The summed E-state index contributed by atoms with van der Waals surface area (Å²) in [4.78, 5) is 12.2. The van der Waals surface area contributed by atoms with E-state index in [9.17, 15) is 4.79 Å². The summed E-state index contributed by atoms with van der Waals surface area (Å²) in [6.45, 7) is 1.26. The number of thiocarbonyl (C=S) groups is 1. The van der Waals surface area contributed by atoms with Gasteiger partial charge in [0, 0.05) is 18.7 Å². The summed E-state index contributed by atoms with van der Waals surface area (Å²) < 4.78 is 5.56. The molecule has 1 fully saturated rings. The molecule has 1 aliphatic heterocycles. The van der Waals surface area contributed by atoms with E-state index >= 15 is 0 Å². The quantitative estimate of drug-likeness (QED) is 0.814. The number of hydrogen-bond donors (Lipinski definition) is 2. The summed E-state index contributed by atoms with van der Waals surface area (Å²) in [5.74, 6) is 0.0256. The van der Waals surface area contributed by atoms with Gasteiger partial charge in [-0.3, -0.25) is 4.79 Å². The highest BCUT2D eigenvalue weighted by Gasteiger charge is 2.17. The van der Waals surface area contributed by atoms with Crippen LogP contribution in [0.2, 0.25) is 0 Å². The molecule has 1 heterocycles. The average Bonchev–Trinajstić information content (AvgIpc) is 2.46. The molecular weight excluding hydrogens is 272 g/mol. The lowest BCUT2D eigenvalue weighted by Gasteiger charge is -2.21. The third-order valence-corrected chi connectivity index (χ3v) is 3.62. The Balaban J connectivity index is 1.80. The summed E-state index contributed by atoms with van der Waals surface area (Å²) in [5.41, 5.74) is 7.41. The molecule has 3 N–H and O–H groups in total. The summed E-state index contributed by atoms with van der Waals surface area (Å²) in [6, 6.07) is 7.60. The summed E-state index contributed by atoms with van der Waals surface area (Å²) in [7, 11) is 0. The van der Waals surface area contributed by atoms with Crippen LogP contribution in [0.15, 0.2) is 24.3 Å². The van der Waals surface area contributed by atoms with Crippen molar-refractivity contribution in [3.63, 3.8) is 0 Å². The van der Waals surface area contributed by atoms with Gasteiger partial charge in [0.1, 0.15) is 4.99 Å². The van der Waals surface area contributed by atoms with E-state index in [1.807, 2.05) is 24.3 Å². The fraction of sp³-hybridized carbons (Fsp3) is 0.467. The highest BCUT2D eigenvalue weighted by Crippen LogP contribution is 2.15. The molecule has 1 atom stereocenters. The first kappa shape index (κ1) is 14.9. The topological polar surface area (TPSA) is 64.3 Å². The van der Waals surface area contributed by atoms with Crippen molar-refractivity contribution >= 4 is 23.1 Å². The molecule has 4 nitrogen and oxygen atoms in total. The third kappa shape index (κ3) is 4.58. The molecule has 1 unspecified atom stereocenters. The maximum absolute atomic E-state index is 11.9. The summed E-state index contributed by atoms with van der Waals surface area (Å²) in [6.07, 6.45) is 3.74. The molecular formula is C15H20N2O2S. The second kappa shape index (κ2) is 7.36. The van der Waals surface area contributed by atoms with Gasteiger partial charge in [0.15, 0.2) is 0 Å². The Morgan fingerprint density at radius 3 is 3.00 bits per heavy atom. The molecule has 0 saturated carbocycles. The van der Waals surface area contributed by atoms with Crippen molar-refractivity contribution < 1.29 is 9.53 Å². The van der Waals surface area contributed by atoms with Gasteiger partial charge >= 0.3 is 0 Å². The Kier molecular flexibility index (Phi) is 5.49. The number of carbonyl (C=O) groups excluding carboxylic acids is 1. The van der Waals surface area contributed by atoms with Crippen LogP contribution in [0.5, 0.6) is 0 Å². The van der Waals surface area contributed by atoms with Gasteiger partial charge in [-0.2, -0.15) is 0 Å². The fourth-order valence-corrected chi connectivity index (χ4v) is 2.41. The number of benzene rings is 1. The van der Waals surface area contributed by atoms with E-state index in [1.165, 1.54) is 0 Å². The van der Waals surface area contributed by atoms with Gasteiger partial charge in [-0.25, -0.2) is 0 Å². The molecule has 1 amide bonds. The van der Waals surface area contributed by atoms with E-state index in [0.717, 1.165) is 37.0 Å². The zero-order valence-corrected chi connectivity index (χ0v) is 12.2. The Morgan fingerprint density at radius 2 is 2.30 bits per heavy atom. The maximum Gasteiger partial charge on any atom is 0.222 e. The number of hydrogen-bond acceptors (Lipinski definition) is 3. The second-order valence-corrected chi connectivity index (χ2v) is 5.47. The Morgan fingerprint density at radius 1 is 1.45 bits per heavy atom. The molecule has 1 aliphatic rings. The van der Waals surface area contributed by atoms with Crippen LogP contribution in [0.25, 0.3) is 0 Å². The largest absolute Gasteiger partial charge is 0.389 e. The molecule has 1 aromatic rings. The van der Waals surface area contributed by atoms with Crippen molar-refractivity contribution in [1.29, 1.82) is 0 Å². The van der Waals surface area contributed by atoms with E-state index in [2.05, 4.69) is 5.32 Å². The number of carbonyl (C=O) groups is 1. The fourth-order valence-electron chi connectivity index (χ4n) is 2.28. The number of amides is 1. The minimum Gasteiger partial charge on any atom is -0.389 e. The Labute approximate surface area is 124 Å². The number of nitrogens with one attached hydrogen (secondary N) is 1. The van der Waals surface area contributed by atoms with Gasteiger partial charge in [-0.15, -0.1) is 0 Å². The molecule has 5 heteroatoms. The zero-order chi connectivity index (χ0) is 14.4. The molecule has 20 heavy (non-hydrogen) atoms. The molecule has 1 aromatic carbocycles. The molecule has 108 valence electrons. The summed E-state index contributed by atoms with van der Waals surface area (Å²) >= 11 is 4.94. The lowest BCUT2D eigenvalue weighted by molar-refractivity contribution is -0.125. The van der Waals surface area contributed by atoms with E-state index in [-0.39, 0.29) is 12.0 Å². The maximum atomic E-state index is 11.9. The van der Waals surface area contributed by atoms with Crippen molar-refractivity contribution in [2.24, 2.45) is 5.73 Å². The van der Waals surface area contributed by atoms with Crippen molar-refractivity contribution in [3.05, 3.63) is 35.4 Å². The van der Waals surface area contributed by atoms with E-state index < -0.39 is 0 Å². The average molecular weight is 292 g/mol. The van der Waals surface area contributed by atoms with Gasteiger partial charge in [-0.05, 0) is 30.9 Å². The first-order valence-corrected chi connectivity index (χ1v) is 7.33. The third-order valence-electron chi connectivity index (χ3n) is 3.39. The number of nitrogens with two attached hydrogens (primary N) is 1. The minimum atomic E-state index is 0.0256. The minimum absolute atomic E-state index is 0.0256. The molecule has 0 bridgehead atoms. The Bertz CT molecular complexity index is 485. The van der Waals surface area contributed by atoms with Crippen molar-refractivity contribution in [1.82, 2.24) is 5.32 Å². The predicted octanol–water partition coefficient (Wildman–Crippen LogP) is 1.90. The van der Waals surface area contributed by atoms with Gasteiger partial charge in [-0.1, -0.05) is 30.4 Å². The molecule has 2 rings (SSSR count). The SMILES string of the molecule is NC(=S)c1cccc(CNC(=O)CC2CCCCO2)c1.